The summed E-state index contributed by atoms with van der Waals surface area (Å²) >= 11 is 6.12. The molecule has 27 heavy (non-hydrogen) atoms. The summed E-state index contributed by atoms with van der Waals surface area (Å²) in [6, 6.07) is 11.4. The molecule has 1 amide bonds. The van der Waals surface area contributed by atoms with Crippen LogP contribution in [0.15, 0.2) is 47.4 Å². The maximum Gasteiger partial charge on any atom is 0.221 e. The predicted molar refractivity (Wildman–Crippen MR) is 102 cm³/mol. The van der Waals surface area contributed by atoms with E-state index < -0.39 is 9.84 Å². The van der Waals surface area contributed by atoms with Crippen molar-refractivity contribution < 1.29 is 22.7 Å². The van der Waals surface area contributed by atoms with Gasteiger partial charge in [0.2, 0.25) is 5.91 Å². The molecule has 1 heterocycles. The second kappa shape index (κ2) is 8.19. The highest BCUT2D eigenvalue weighted by Crippen LogP contribution is 2.32. The van der Waals surface area contributed by atoms with E-state index >= 15 is 0 Å². The first-order valence-corrected chi connectivity index (χ1v) is 10.6. The second-order valence-corrected chi connectivity index (χ2v) is 8.70. The summed E-state index contributed by atoms with van der Waals surface area (Å²) in [6.07, 6.45) is -0.147. The van der Waals surface area contributed by atoms with Crippen molar-refractivity contribution in [2.45, 2.75) is 24.3 Å². The quantitative estimate of drug-likeness (QED) is 0.792. The zero-order chi connectivity index (χ0) is 19.4. The van der Waals surface area contributed by atoms with Crippen LogP contribution in [-0.2, 0) is 14.6 Å². The lowest BCUT2D eigenvalue weighted by Crippen LogP contribution is -2.28. The van der Waals surface area contributed by atoms with Crippen molar-refractivity contribution in [1.82, 2.24) is 5.32 Å². The maximum absolute atomic E-state index is 12.5. The fourth-order valence-electron chi connectivity index (χ4n) is 2.78. The van der Waals surface area contributed by atoms with Gasteiger partial charge in [0.15, 0.2) is 21.3 Å². The van der Waals surface area contributed by atoms with E-state index in [1.165, 1.54) is 12.1 Å². The minimum absolute atomic E-state index is 0.110. The van der Waals surface area contributed by atoms with Gasteiger partial charge in [-0.15, -0.1) is 0 Å². The lowest BCUT2D eigenvalue weighted by molar-refractivity contribution is -0.121. The number of rotatable bonds is 6. The molecule has 2 aromatic carbocycles. The van der Waals surface area contributed by atoms with Crippen LogP contribution in [0.4, 0.5) is 0 Å². The van der Waals surface area contributed by atoms with Gasteiger partial charge in [-0.05, 0) is 30.7 Å². The molecule has 0 bridgehead atoms. The van der Waals surface area contributed by atoms with E-state index in [-0.39, 0.29) is 29.0 Å². The van der Waals surface area contributed by atoms with Crippen LogP contribution in [-0.4, -0.2) is 33.3 Å². The van der Waals surface area contributed by atoms with Gasteiger partial charge in [0.05, 0.1) is 16.7 Å². The number of nitrogens with one attached hydrogen (secondary N) is 1. The minimum Gasteiger partial charge on any atom is -0.486 e. The highest BCUT2D eigenvalue weighted by molar-refractivity contribution is 7.91. The van der Waals surface area contributed by atoms with Crippen LogP contribution in [0, 0.1) is 0 Å². The van der Waals surface area contributed by atoms with E-state index in [4.69, 9.17) is 21.1 Å². The molecule has 2 aromatic rings. The van der Waals surface area contributed by atoms with Crippen LogP contribution in [0.5, 0.6) is 11.5 Å². The summed E-state index contributed by atoms with van der Waals surface area (Å²) in [6.45, 7) is 2.61. The van der Waals surface area contributed by atoms with Crippen molar-refractivity contribution >= 4 is 27.3 Å². The molecule has 0 spiro atoms. The van der Waals surface area contributed by atoms with Crippen LogP contribution in [0.25, 0.3) is 0 Å². The van der Waals surface area contributed by atoms with Gasteiger partial charge in [-0.25, -0.2) is 8.42 Å². The Morgan fingerprint density at radius 1 is 1.15 bits per heavy atom. The van der Waals surface area contributed by atoms with Gasteiger partial charge in [0.1, 0.15) is 13.2 Å². The first-order chi connectivity index (χ1) is 12.9. The zero-order valence-electron chi connectivity index (χ0n) is 14.8. The maximum atomic E-state index is 12.5. The summed E-state index contributed by atoms with van der Waals surface area (Å²) in [4.78, 5) is 12.3. The van der Waals surface area contributed by atoms with Crippen LogP contribution in [0.2, 0.25) is 5.02 Å². The van der Waals surface area contributed by atoms with Gasteiger partial charge in [-0.2, -0.15) is 0 Å². The molecule has 144 valence electrons. The lowest BCUT2D eigenvalue weighted by Gasteiger charge is -2.19. The smallest absolute Gasteiger partial charge is 0.221 e. The minimum atomic E-state index is -3.62. The van der Waals surface area contributed by atoms with Gasteiger partial charge in [-0.1, -0.05) is 29.8 Å². The van der Waals surface area contributed by atoms with E-state index in [1.807, 2.05) is 12.1 Å². The van der Waals surface area contributed by atoms with Gasteiger partial charge in [-0.3, -0.25) is 4.79 Å². The van der Waals surface area contributed by atoms with E-state index in [1.54, 1.807) is 25.1 Å². The zero-order valence-corrected chi connectivity index (χ0v) is 16.3. The molecule has 1 aliphatic rings. The number of fused-ring (bicyclic) bond motifs is 1. The van der Waals surface area contributed by atoms with E-state index in [9.17, 15) is 13.2 Å². The van der Waals surface area contributed by atoms with Crippen molar-refractivity contribution in [3.05, 3.63) is 53.1 Å². The van der Waals surface area contributed by atoms with Crippen LogP contribution in [0.3, 0.4) is 0 Å². The van der Waals surface area contributed by atoms with Gasteiger partial charge in [0.25, 0.3) is 0 Å². The molecule has 0 unspecified atom stereocenters. The van der Waals surface area contributed by atoms with Crippen LogP contribution in [0.1, 0.15) is 24.9 Å². The third kappa shape index (κ3) is 4.73. The molecule has 1 N–H and O–H groups in total. The third-order valence-electron chi connectivity index (χ3n) is 4.22. The molecule has 1 atom stereocenters. The number of sulfone groups is 1. The third-order valence-corrected chi connectivity index (χ3v) is 6.28. The molecule has 0 saturated carbocycles. The topological polar surface area (TPSA) is 81.7 Å². The van der Waals surface area contributed by atoms with E-state index in [0.29, 0.717) is 29.7 Å². The molecule has 0 aromatic heterocycles. The first-order valence-electron chi connectivity index (χ1n) is 8.53. The van der Waals surface area contributed by atoms with Crippen molar-refractivity contribution in [1.29, 1.82) is 0 Å². The second-order valence-electron chi connectivity index (χ2n) is 6.19. The molecule has 3 rings (SSSR count). The van der Waals surface area contributed by atoms with Crippen molar-refractivity contribution in [3.8, 4) is 11.5 Å². The standard InChI is InChI=1S/C19H20ClNO5S/c1-13(15-4-2-3-5-16(15)20)21-19(22)8-11-27(23,24)14-6-7-17-18(12-14)26-10-9-25-17/h2-7,12-13H,8-11H2,1H3,(H,21,22)/t13-/m0/s1. The number of halogens is 1. The molecular formula is C19H20ClNO5S. The Labute approximate surface area is 163 Å². The van der Waals surface area contributed by atoms with Gasteiger partial charge >= 0.3 is 0 Å². The molecule has 1 aliphatic heterocycles. The van der Waals surface area contributed by atoms with Crippen LogP contribution >= 0.6 is 11.6 Å². The summed E-state index contributed by atoms with van der Waals surface area (Å²) in [5.41, 5.74) is 0.780. The van der Waals surface area contributed by atoms with Gasteiger partial charge in [0, 0.05) is 17.5 Å². The highest BCUT2D eigenvalue weighted by atomic mass is 35.5. The molecule has 0 saturated heterocycles. The SMILES string of the molecule is C[C@H](NC(=O)CCS(=O)(=O)c1ccc2c(c1)OCCO2)c1ccccc1Cl. The Balaban J connectivity index is 1.61. The number of amides is 1. The molecule has 8 heteroatoms. The summed E-state index contributed by atoms with van der Waals surface area (Å²) < 4.78 is 35.9. The first kappa shape index (κ1) is 19.5. The number of hydrogen-bond acceptors (Lipinski definition) is 5. The lowest BCUT2D eigenvalue weighted by atomic mass is 10.1. The highest BCUT2D eigenvalue weighted by Gasteiger charge is 2.21. The summed E-state index contributed by atoms with van der Waals surface area (Å²) in [5.74, 6) is 0.266. The number of carbonyl (C=O) groups is 1. The van der Waals surface area contributed by atoms with Crippen molar-refractivity contribution in [2.75, 3.05) is 19.0 Å². The Morgan fingerprint density at radius 3 is 2.59 bits per heavy atom. The molecule has 6 nitrogen and oxygen atoms in total. The van der Waals surface area contributed by atoms with Gasteiger partial charge < -0.3 is 14.8 Å². The van der Waals surface area contributed by atoms with Crippen LogP contribution < -0.4 is 14.8 Å². The Morgan fingerprint density at radius 2 is 1.85 bits per heavy atom. The Hall–Kier alpha value is -2.25. The van der Waals surface area contributed by atoms with Crippen molar-refractivity contribution in [2.24, 2.45) is 0 Å². The molecule has 0 fully saturated rings. The monoisotopic (exact) mass is 409 g/mol. The predicted octanol–water partition coefficient (Wildman–Crippen LogP) is 3.15. The van der Waals surface area contributed by atoms with E-state index in [2.05, 4.69) is 5.32 Å². The summed E-state index contributed by atoms with van der Waals surface area (Å²) in [5, 5.41) is 3.33. The Kier molecular flexibility index (Phi) is 5.92. The molecular weight excluding hydrogens is 390 g/mol. The number of benzene rings is 2. The number of hydrogen-bond donors (Lipinski definition) is 1. The average Bonchev–Trinajstić information content (AvgIpc) is 2.66. The number of carbonyl (C=O) groups excluding carboxylic acids is 1. The van der Waals surface area contributed by atoms with E-state index in [0.717, 1.165) is 5.56 Å². The van der Waals surface area contributed by atoms with Crippen molar-refractivity contribution in [3.63, 3.8) is 0 Å². The average molecular weight is 410 g/mol. The largest absolute Gasteiger partial charge is 0.486 e. The normalized spacial score (nSPS) is 14.4. The molecule has 0 radical (unpaired) electrons. The Bertz CT molecular complexity index is 945. The number of ether oxygens (including phenoxy) is 2. The fourth-order valence-corrected chi connectivity index (χ4v) is 4.33. The molecule has 0 aliphatic carbocycles. The fraction of sp³-hybridized carbons (Fsp3) is 0.316. The summed E-state index contributed by atoms with van der Waals surface area (Å²) in [7, 11) is -3.62.